The summed E-state index contributed by atoms with van der Waals surface area (Å²) in [5, 5.41) is 6.54. The number of hydrogen-bond acceptors (Lipinski definition) is 2. The van der Waals surface area contributed by atoms with E-state index < -0.39 is 0 Å². The maximum atomic E-state index is 5.26. The van der Waals surface area contributed by atoms with Gasteiger partial charge in [-0.1, -0.05) is 13.3 Å². The molecule has 0 spiro atoms. The molecule has 4 heteroatoms. The molecular weight excluding hydrogens is 202 g/mol. The lowest BCUT2D eigenvalue weighted by Gasteiger charge is -2.10. The van der Waals surface area contributed by atoms with Gasteiger partial charge in [0.05, 0.1) is 0 Å². The Morgan fingerprint density at radius 1 is 1.12 bits per heavy atom. The van der Waals surface area contributed by atoms with Crippen molar-refractivity contribution in [3.63, 3.8) is 0 Å². The molecule has 0 aromatic rings. The molecule has 0 radical (unpaired) electrons. The number of nitrogens with zero attached hydrogens (tertiary/aromatic N) is 1. The first-order chi connectivity index (χ1) is 7.85. The molecule has 0 amide bonds. The van der Waals surface area contributed by atoms with Crippen LogP contribution in [0.5, 0.6) is 0 Å². The topological polar surface area (TPSA) is 45.7 Å². The van der Waals surface area contributed by atoms with E-state index in [0.29, 0.717) is 0 Å². The molecule has 16 heavy (non-hydrogen) atoms. The molecule has 0 heterocycles. The summed E-state index contributed by atoms with van der Waals surface area (Å²) in [6.07, 6.45) is 3.37. The number of unbranched alkanes of at least 4 members (excludes halogenated alkanes) is 1. The Balaban J connectivity index is 3.66. The Hall–Kier alpha value is -0.770. The second-order valence-corrected chi connectivity index (χ2v) is 3.59. The highest BCUT2D eigenvalue weighted by molar-refractivity contribution is 5.79. The summed E-state index contributed by atoms with van der Waals surface area (Å²) in [5.41, 5.74) is 0. The van der Waals surface area contributed by atoms with Crippen LogP contribution in [-0.4, -0.2) is 38.8 Å². The quantitative estimate of drug-likeness (QED) is 0.360. The maximum absolute atomic E-state index is 5.26. The minimum atomic E-state index is 0.790. The van der Waals surface area contributed by atoms with E-state index in [0.717, 1.165) is 45.2 Å². The van der Waals surface area contributed by atoms with E-state index in [1.807, 2.05) is 6.92 Å². The van der Waals surface area contributed by atoms with Crippen LogP contribution in [0, 0.1) is 0 Å². The van der Waals surface area contributed by atoms with Gasteiger partial charge in [-0.3, -0.25) is 4.99 Å². The fraction of sp³-hybridized carbons (Fsp3) is 0.917. The lowest BCUT2D eigenvalue weighted by atomic mass is 10.3. The van der Waals surface area contributed by atoms with Gasteiger partial charge in [-0.05, 0) is 26.7 Å². The highest BCUT2D eigenvalue weighted by Gasteiger charge is 1.95. The van der Waals surface area contributed by atoms with E-state index in [-0.39, 0.29) is 0 Å². The molecule has 0 bridgehead atoms. The normalized spacial score (nSPS) is 11.6. The van der Waals surface area contributed by atoms with Crippen LogP contribution in [-0.2, 0) is 4.74 Å². The number of nitrogens with one attached hydrogen (secondary N) is 2. The van der Waals surface area contributed by atoms with Gasteiger partial charge in [-0.25, -0.2) is 0 Å². The first kappa shape index (κ1) is 15.2. The summed E-state index contributed by atoms with van der Waals surface area (Å²) in [7, 11) is 0. The Kier molecular flexibility index (Phi) is 11.7. The van der Waals surface area contributed by atoms with Crippen LogP contribution in [0.15, 0.2) is 4.99 Å². The monoisotopic (exact) mass is 229 g/mol. The Bertz CT molecular complexity index is 172. The molecule has 0 aromatic carbocycles. The van der Waals surface area contributed by atoms with Crippen LogP contribution >= 0.6 is 0 Å². The summed E-state index contributed by atoms with van der Waals surface area (Å²) in [6.45, 7) is 10.6. The van der Waals surface area contributed by atoms with Gasteiger partial charge in [-0.2, -0.15) is 0 Å². The summed E-state index contributed by atoms with van der Waals surface area (Å²) in [5.74, 6) is 0.924. The number of hydrogen-bond donors (Lipinski definition) is 2. The standard InChI is InChI=1S/C12H27N3O/c1-4-7-9-14-12(13-5-2)15-10-8-11-16-6-3/h4-11H2,1-3H3,(H2,13,14,15). The van der Waals surface area contributed by atoms with Gasteiger partial charge in [0.2, 0.25) is 0 Å². The molecule has 0 saturated heterocycles. The largest absolute Gasteiger partial charge is 0.382 e. The molecule has 0 fully saturated rings. The van der Waals surface area contributed by atoms with E-state index in [9.17, 15) is 0 Å². The van der Waals surface area contributed by atoms with Gasteiger partial charge in [0.25, 0.3) is 0 Å². The van der Waals surface area contributed by atoms with Crippen molar-refractivity contribution in [3.8, 4) is 0 Å². The van der Waals surface area contributed by atoms with Gasteiger partial charge in [0.15, 0.2) is 5.96 Å². The second kappa shape index (κ2) is 12.3. The number of aliphatic imine (C=N–C) groups is 1. The zero-order valence-corrected chi connectivity index (χ0v) is 11.0. The van der Waals surface area contributed by atoms with Crippen LogP contribution in [0.1, 0.15) is 40.0 Å². The van der Waals surface area contributed by atoms with Crippen molar-refractivity contribution < 1.29 is 4.74 Å². The van der Waals surface area contributed by atoms with Crippen molar-refractivity contribution in [1.29, 1.82) is 0 Å². The predicted molar refractivity (Wildman–Crippen MR) is 70.0 cm³/mol. The molecule has 2 N–H and O–H groups in total. The van der Waals surface area contributed by atoms with E-state index >= 15 is 0 Å². The molecule has 0 aliphatic heterocycles. The second-order valence-electron chi connectivity index (χ2n) is 3.59. The number of ether oxygens (including phenoxy) is 1. The summed E-state index contributed by atoms with van der Waals surface area (Å²) in [6, 6.07) is 0. The summed E-state index contributed by atoms with van der Waals surface area (Å²) in [4.78, 5) is 4.47. The van der Waals surface area contributed by atoms with Crippen LogP contribution in [0.25, 0.3) is 0 Å². The first-order valence-electron chi connectivity index (χ1n) is 6.45. The molecule has 96 valence electrons. The molecule has 0 saturated carbocycles. The molecular formula is C12H27N3O. The van der Waals surface area contributed by atoms with E-state index in [1.165, 1.54) is 12.8 Å². The summed E-state index contributed by atoms with van der Waals surface area (Å²) < 4.78 is 5.26. The van der Waals surface area contributed by atoms with E-state index in [4.69, 9.17) is 4.74 Å². The zero-order valence-electron chi connectivity index (χ0n) is 11.0. The zero-order chi connectivity index (χ0) is 12.1. The van der Waals surface area contributed by atoms with Crippen LogP contribution in [0.2, 0.25) is 0 Å². The lowest BCUT2D eigenvalue weighted by Crippen LogP contribution is -2.37. The highest BCUT2D eigenvalue weighted by Crippen LogP contribution is 1.86. The molecule has 4 nitrogen and oxygen atoms in total. The average molecular weight is 229 g/mol. The van der Waals surface area contributed by atoms with Gasteiger partial charge in [0, 0.05) is 32.8 Å². The van der Waals surface area contributed by atoms with Crippen molar-refractivity contribution in [2.45, 2.75) is 40.0 Å². The van der Waals surface area contributed by atoms with Crippen LogP contribution < -0.4 is 10.6 Å². The molecule has 0 aromatic heterocycles. The van der Waals surface area contributed by atoms with Crippen molar-refractivity contribution in [2.75, 3.05) is 32.8 Å². The Morgan fingerprint density at radius 2 is 1.94 bits per heavy atom. The third-order valence-electron chi connectivity index (χ3n) is 2.09. The molecule has 0 unspecified atom stereocenters. The van der Waals surface area contributed by atoms with Crippen molar-refractivity contribution in [2.24, 2.45) is 4.99 Å². The lowest BCUT2D eigenvalue weighted by molar-refractivity contribution is 0.146. The average Bonchev–Trinajstić information content (AvgIpc) is 2.29. The molecule has 0 atom stereocenters. The summed E-state index contributed by atoms with van der Waals surface area (Å²) >= 11 is 0. The van der Waals surface area contributed by atoms with Gasteiger partial charge in [0.1, 0.15) is 0 Å². The third-order valence-corrected chi connectivity index (χ3v) is 2.09. The van der Waals surface area contributed by atoms with Crippen molar-refractivity contribution in [3.05, 3.63) is 0 Å². The molecule has 0 rings (SSSR count). The smallest absolute Gasteiger partial charge is 0.191 e. The fourth-order valence-electron chi connectivity index (χ4n) is 1.23. The third kappa shape index (κ3) is 9.77. The van der Waals surface area contributed by atoms with Crippen molar-refractivity contribution in [1.82, 2.24) is 10.6 Å². The van der Waals surface area contributed by atoms with E-state index in [1.54, 1.807) is 0 Å². The Morgan fingerprint density at radius 3 is 2.56 bits per heavy atom. The number of rotatable bonds is 9. The van der Waals surface area contributed by atoms with Crippen LogP contribution in [0.4, 0.5) is 0 Å². The van der Waals surface area contributed by atoms with Gasteiger partial charge >= 0.3 is 0 Å². The maximum Gasteiger partial charge on any atom is 0.191 e. The first-order valence-corrected chi connectivity index (χ1v) is 6.45. The molecule has 0 aliphatic carbocycles. The van der Waals surface area contributed by atoms with Gasteiger partial charge in [-0.15, -0.1) is 0 Å². The predicted octanol–water partition coefficient (Wildman–Crippen LogP) is 1.77. The minimum Gasteiger partial charge on any atom is -0.382 e. The van der Waals surface area contributed by atoms with Crippen LogP contribution in [0.3, 0.4) is 0 Å². The van der Waals surface area contributed by atoms with E-state index in [2.05, 4.69) is 29.5 Å². The Labute approximate surface area is 99.9 Å². The van der Waals surface area contributed by atoms with Gasteiger partial charge < -0.3 is 15.4 Å². The molecule has 0 aliphatic rings. The van der Waals surface area contributed by atoms with Crippen molar-refractivity contribution >= 4 is 5.96 Å². The SMILES string of the molecule is CCCCNC(=NCCCOCC)NCC. The minimum absolute atomic E-state index is 0.790. The highest BCUT2D eigenvalue weighted by atomic mass is 16.5. The fourth-order valence-corrected chi connectivity index (χ4v) is 1.23. The number of guanidine groups is 1.